The van der Waals surface area contributed by atoms with Crippen LogP contribution in [-0.4, -0.2) is 28.2 Å². The highest BCUT2D eigenvalue weighted by molar-refractivity contribution is 8.13. The Kier molecular flexibility index (Phi) is 2.97. The zero-order valence-corrected chi connectivity index (χ0v) is 12.3. The van der Waals surface area contributed by atoms with E-state index in [1.807, 2.05) is 6.07 Å². The second-order valence-corrected chi connectivity index (χ2v) is 6.79. The molecule has 0 radical (unpaired) electrons. The molecule has 21 heavy (non-hydrogen) atoms. The predicted octanol–water partition coefficient (Wildman–Crippen LogP) is 1.86. The van der Waals surface area contributed by atoms with Gasteiger partial charge in [-0.3, -0.25) is 0 Å². The van der Waals surface area contributed by atoms with Crippen LogP contribution in [0.4, 0.5) is 0 Å². The van der Waals surface area contributed by atoms with Crippen molar-refractivity contribution in [2.45, 2.75) is 11.9 Å². The van der Waals surface area contributed by atoms with Crippen LogP contribution in [0.3, 0.4) is 0 Å². The van der Waals surface area contributed by atoms with E-state index in [1.54, 1.807) is 24.3 Å². The lowest BCUT2D eigenvalue weighted by Crippen LogP contribution is -2.07. The highest BCUT2D eigenvalue weighted by Gasteiger charge is 2.27. The molecular weight excluding hydrogens is 314 g/mol. The molecule has 2 aromatic heterocycles. The number of para-hydroxylation sites is 2. The van der Waals surface area contributed by atoms with Crippen molar-refractivity contribution < 1.29 is 8.42 Å². The van der Waals surface area contributed by atoms with Crippen molar-refractivity contribution in [1.29, 1.82) is 5.26 Å². The number of hydrogen-bond acceptors (Lipinski definition) is 5. The number of aromatic amines is 1. The van der Waals surface area contributed by atoms with E-state index >= 15 is 0 Å². The molecule has 0 unspecified atom stereocenters. The molecule has 2 heterocycles. The minimum Gasteiger partial charge on any atom is -0.322 e. The van der Waals surface area contributed by atoms with E-state index in [4.69, 9.17) is 15.9 Å². The molecule has 3 rings (SSSR count). The maximum Gasteiger partial charge on any atom is 0.280 e. The predicted molar refractivity (Wildman–Crippen MR) is 75.7 cm³/mol. The van der Waals surface area contributed by atoms with E-state index in [-0.39, 0.29) is 22.2 Å². The third-order valence-corrected chi connectivity index (χ3v) is 4.22. The lowest BCUT2D eigenvalue weighted by atomic mass is 10.3. The molecule has 106 valence electrons. The van der Waals surface area contributed by atoms with Crippen LogP contribution in [0.1, 0.15) is 11.3 Å². The number of hydrogen-bond donors (Lipinski definition) is 1. The smallest absolute Gasteiger partial charge is 0.280 e. The first-order chi connectivity index (χ1) is 9.91. The molecule has 7 nitrogen and oxygen atoms in total. The van der Waals surface area contributed by atoms with Crippen molar-refractivity contribution in [1.82, 2.24) is 19.7 Å². The van der Waals surface area contributed by atoms with Crippen LogP contribution in [0.5, 0.6) is 0 Å². The Balaban J connectivity index is 2.35. The minimum absolute atomic E-state index is 0.0922. The van der Waals surface area contributed by atoms with Crippen molar-refractivity contribution in [2.75, 3.05) is 0 Å². The van der Waals surface area contributed by atoms with Crippen molar-refractivity contribution in [3.63, 3.8) is 0 Å². The molecule has 0 bridgehead atoms. The number of rotatable bonds is 2. The fraction of sp³-hybridized carbons (Fsp3) is 0.0833. The highest BCUT2D eigenvalue weighted by atomic mass is 35.7. The molecule has 0 spiro atoms. The molecule has 9 heteroatoms. The summed E-state index contributed by atoms with van der Waals surface area (Å²) in [7, 11) is 1.28. The summed E-state index contributed by atoms with van der Waals surface area (Å²) in [6, 6.07) is 8.99. The average Bonchev–Trinajstić information content (AvgIpc) is 2.97. The van der Waals surface area contributed by atoms with Gasteiger partial charge in [0.05, 0.1) is 16.7 Å². The van der Waals surface area contributed by atoms with Gasteiger partial charge in [-0.15, -0.1) is 0 Å². The summed E-state index contributed by atoms with van der Waals surface area (Å²) in [6.45, 7) is 1.53. The van der Waals surface area contributed by atoms with Crippen LogP contribution in [0.25, 0.3) is 17.0 Å². The van der Waals surface area contributed by atoms with Gasteiger partial charge >= 0.3 is 0 Å². The quantitative estimate of drug-likeness (QED) is 0.725. The molecule has 1 aromatic carbocycles. The lowest BCUT2D eigenvalue weighted by Gasteiger charge is -2.00. The zero-order chi connectivity index (χ0) is 15.2. The van der Waals surface area contributed by atoms with Gasteiger partial charge in [0, 0.05) is 10.7 Å². The van der Waals surface area contributed by atoms with Crippen LogP contribution in [0.15, 0.2) is 29.3 Å². The first-order valence-corrected chi connectivity index (χ1v) is 8.12. The van der Waals surface area contributed by atoms with Crippen molar-refractivity contribution in [3.05, 3.63) is 35.5 Å². The number of fused-ring (bicyclic) bond motifs is 1. The van der Waals surface area contributed by atoms with Gasteiger partial charge in [0.2, 0.25) is 5.95 Å². The van der Waals surface area contributed by atoms with Crippen molar-refractivity contribution in [3.8, 4) is 12.0 Å². The third-order valence-electron chi connectivity index (χ3n) is 2.94. The molecule has 1 N–H and O–H groups in total. The molecule has 0 amide bonds. The molecule has 0 aliphatic heterocycles. The van der Waals surface area contributed by atoms with E-state index in [0.29, 0.717) is 5.52 Å². The summed E-state index contributed by atoms with van der Waals surface area (Å²) in [5, 5.41) is 12.8. The first-order valence-electron chi connectivity index (χ1n) is 5.81. The molecule has 0 fully saturated rings. The number of nitrogens with zero attached hydrogens (tertiary/aromatic N) is 4. The average molecular weight is 322 g/mol. The summed E-state index contributed by atoms with van der Waals surface area (Å²) < 4.78 is 24.5. The van der Waals surface area contributed by atoms with Crippen molar-refractivity contribution in [2.24, 2.45) is 0 Å². The number of nitriles is 1. The van der Waals surface area contributed by atoms with Gasteiger partial charge in [-0.25, -0.2) is 13.4 Å². The second kappa shape index (κ2) is 4.58. The summed E-state index contributed by atoms with van der Waals surface area (Å²) in [5.41, 5.74) is 1.54. The Labute approximate surface area is 124 Å². The largest absolute Gasteiger partial charge is 0.322 e. The standard InChI is InChI=1S/C12H8ClN5O2S/c1-7-8(6-14)11(21(13,19)20)18(17-7)12-15-9-4-2-3-5-10(9)16-12/h2-5H,1H3,(H,15,16). The van der Waals surface area contributed by atoms with Crippen LogP contribution in [-0.2, 0) is 9.05 Å². The summed E-state index contributed by atoms with van der Waals surface area (Å²) in [4.78, 5) is 7.20. The Bertz CT molecular complexity index is 963. The van der Waals surface area contributed by atoms with Gasteiger partial charge in [-0.05, 0) is 19.1 Å². The summed E-state index contributed by atoms with van der Waals surface area (Å²) in [5.74, 6) is 0.181. The topological polar surface area (TPSA) is 104 Å². The second-order valence-electron chi connectivity index (χ2n) is 4.30. The minimum atomic E-state index is -4.15. The molecule has 0 aliphatic rings. The number of aromatic nitrogens is 4. The van der Waals surface area contributed by atoms with E-state index in [0.717, 1.165) is 10.2 Å². The third kappa shape index (κ3) is 2.16. The number of benzene rings is 1. The molecular formula is C12H8ClN5O2S. The van der Waals surface area contributed by atoms with Gasteiger partial charge in [0.25, 0.3) is 9.05 Å². The first kappa shape index (κ1) is 13.6. The van der Waals surface area contributed by atoms with Gasteiger partial charge < -0.3 is 4.98 Å². The molecule has 3 aromatic rings. The molecule has 0 saturated heterocycles. The van der Waals surface area contributed by atoms with Crippen LogP contribution in [0, 0.1) is 18.3 Å². The van der Waals surface area contributed by atoms with Gasteiger partial charge in [0.1, 0.15) is 11.6 Å². The molecule has 0 atom stereocenters. The fourth-order valence-corrected chi connectivity index (χ4v) is 3.24. The Morgan fingerprint density at radius 2 is 2.10 bits per heavy atom. The maximum atomic E-state index is 11.7. The van der Waals surface area contributed by atoms with Crippen LogP contribution in [0.2, 0.25) is 0 Å². The van der Waals surface area contributed by atoms with Gasteiger partial charge in [0.15, 0.2) is 5.03 Å². The van der Waals surface area contributed by atoms with Crippen LogP contribution < -0.4 is 0 Å². The Hall–Kier alpha value is -2.37. The lowest BCUT2D eigenvalue weighted by molar-refractivity contribution is 0.597. The van der Waals surface area contributed by atoms with E-state index in [9.17, 15) is 8.42 Å². The maximum absolute atomic E-state index is 11.7. The number of nitrogens with one attached hydrogen (secondary N) is 1. The zero-order valence-electron chi connectivity index (χ0n) is 10.7. The fourth-order valence-electron chi connectivity index (χ4n) is 2.04. The summed E-state index contributed by atoms with van der Waals surface area (Å²) >= 11 is 0. The van der Waals surface area contributed by atoms with Gasteiger partial charge in [-0.2, -0.15) is 15.0 Å². The van der Waals surface area contributed by atoms with E-state index in [2.05, 4.69) is 15.1 Å². The molecule has 0 saturated carbocycles. The van der Waals surface area contributed by atoms with Crippen molar-refractivity contribution >= 4 is 30.8 Å². The highest BCUT2D eigenvalue weighted by Crippen LogP contribution is 2.25. The van der Waals surface area contributed by atoms with E-state index in [1.165, 1.54) is 6.92 Å². The van der Waals surface area contributed by atoms with E-state index < -0.39 is 9.05 Å². The molecule has 0 aliphatic carbocycles. The number of aryl methyl sites for hydroxylation is 1. The number of halogens is 1. The number of H-pyrrole nitrogens is 1. The summed E-state index contributed by atoms with van der Waals surface area (Å²) in [6.07, 6.45) is 0. The van der Waals surface area contributed by atoms with Gasteiger partial charge in [-0.1, -0.05) is 12.1 Å². The Morgan fingerprint density at radius 1 is 1.38 bits per heavy atom. The van der Waals surface area contributed by atoms with Crippen LogP contribution >= 0.6 is 10.7 Å². The Morgan fingerprint density at radius 3 is 2.71 bits per heavy atom. The monoisotopic (exact) mass is 321 g/mol. The normalized spacial score (nSPS) is 11.7. The number of imidazole rings is 1. The SMILES string of the molecule is Cc1nn(-c2nc3ccccc3[nH]2)c(S(=O)(=O)Cl)c1C#N.